The Morgan fingerprint density at radius 3 is 1.64 bits per heavy atom. The molecule has 0 aliphatic rings. The molecule has 0 atom stereocenters. The predicted octanol–water partition coefficient (Wildman–Crippen LogP) is 3.80. The summed E-state index contributed by atoms with van der Waals surface area (Å²) in [6.07, 6.45) is 1.31. The van der Waals surface area contributed by atoms with Gasteiger partial charge >= 0.3 is 0 Å². The van der Waals surface area contributed by atoms with E-state index >= 15 is 0 Å². The van der Waals surface area contributed by atoms with Gasteiger partial charge in [0.05, 0.1) is 0 Å². The minimum absolute atomic E-state index is 0. The van der Waals surface area contributed by atoms with E-state index in [1.54, 1.807) is 11.3 Å². The molecule has 1 aromatic heterocycles. The third kappa shape index (κ3) is 13.3. The molecule has 0 spiro atoms. The first-order valence-corrected chi connectivity index (χ1v) is 4.68. The zero-order valence-electron chi connectivity index (χ0n) is 7.45. The van der Waals surface area contributed by atoms with E-state index in [0.717, 1.165) is 5.92 Å². The first-order valence-electron chi connectivity index (χ1n) is 3.74. The number of thiophene rings is 1. The standard InChI is InChI=1S/C5H12.C4H4S.V/c1-4-5(2)3;1-2-4-5-3-1;/h5H,4H2,1-3H3;1-4H;. The van der Waals surface area contributed by atoms with Gasteiger partial charge in [-0.2, -0.15) is 11.3 Å². The summed E-state index contributed by atoms with van der Waals surface area (Å²) in [7, 11) is 0. The van der Waals surface area contributed by atoms with Gasteiger partial charge in [0.2, 0.25) is 0 Å². The van der Waals surface area contributed by atoms with Gasteiger partial charge in [-0.25, -0.2) is 0 Å². The fourth-order valence-corrected chi connectivity index (χ4v) is 0.680. The van der Waals surface area contributed by atoms with Gasteiger partial charge in [-0.3, -0.25) is 0 Å². The fraction of sp³-hybridized carbons (Fsp3) is 0.556. The van der Waals surface area contributed by atoms with E-state index in [1.165, 1.54) is 6.42 Å². The summed E-state index contributed by atoms with van der Waals surface area (Å²) in [6.45, 7) is 6.64. The van der Waals surface area contributed by atoms with E-state index in [-0.39, 0.29) is 18.6 Å². The number of rotatable bonds is 1. The predicted molar refractivity (Wildman–Crippen MR) is 49.4 cm³/mol. The van der Waals surface area contributed by atoms with E-state index in [0.29, 0.717) is 0 Å². The summed E-state index contributed by atoms with van der Waals surface area (Å²) in [5, 5.41) is 4.08. The largest absolute Gasteiger partial charge is 0.152 e. The van der Waals surface area contributed by atoms with Gasteiger partial charge in [0, 0.05) is 18.6 Å². The van der Waals surface area contributed by atoms with Gasteiger partial charge in [0.15, 0.2) is 0 Å². The molecule has 0 aliphatic heterocycles. The van der Waals surface area contributed by atoms with Gasteiger partial charge in [-0.1, -0.05) is 39.3 Å². The van der Waals surface area contributed by atoms with Crippen LogP contribution >= 0.6 is 11.3 Å². The van der Waals surface area contributed by atoms with Crippen LogP contribution in [0.25, 0.3) is 0 Å². The Kier molecular flexibility index (Phi) is 12.9. The van der Waals surface area contributed by atoms with E-state index in [1.807, 2.05) is 22.9 Å². The molecule has 1 aromatic rings. The van der Waals surface area contributed by atoms with Crippen molar-refractivity contribution in [3.05, 3.63) is 22.9 Å². The molecule has 1 rings (SSSR count). The fourth-order valence-electron chi connectivity index (χ4n) is 0.227. The molecule has 0 nitrogen and oxygen atoms in total. The summed E-state index contributed by atoms with van der Waals surface area (Å²) in [5.41, 5.74) is 0. The quantitative estimate of drug-likeness (QED) is 0.657. The second-order valence-corrected chi connectivity index (χ2v) is 3.41. The van der Waals surface area contributed by atoms with Gasteiger partial charge in [0.25, 0.3) is 0 Å². The Bertz CT molecular complexity index is 107. The molecular formula is C9H16SV. The van der Waals surface area contributed by atoms with Crippen molar-refractivity contribution >= 4 is 11.3 Å². The van der Waals surface area contributed by atoms with Crippen LogP contribution in [0, 0.1) is 5.92 Å². The van der Waals surface area contributed by atoms with Crippen molar-refractivity contribution in [1.82, 2.24) is 0 Å². The van der Waals surface area contributed by atoms with Gasteiger partial charge in [0.1, 0.15) is 0 Å². The topological polar surface area (TPSA) is 0 Å². The molecule has 1 radical (unpaired) electrons. The smallest absolute Gasteiger partial charge is 0 e. The number of hydrogen-bond donors (Lipinski definition) is 0. The summed E-state index contributed by atoms with van der Waals surface area (Å²) in [4.78, 5) is 0. The molecule has 0 amide bonds. The maximum absolute atomic E-state index is 2.22. The second-order valence-electron chi connectivity index (χ2n) is 2.60. The Balaban J connectivity index is 0. The zero-order chi connectivity index (χ0) is 7.82. The monoisotopic (exact) mass is 207 g/mol. The first-order chi connectivity index (χ1) is 4.77. The summed E-state index contributed by atoms with van der Waals surface area (Å²) in [5.74, 6) is 0.884. The molecule has 0 fully saturated rings. The molecule has 0 saturated heterocycles. The normalized spacial score (nSPS) is 8.00. The third-order valence-corrected chi connectivity index (χ3v) is 1.87. The number of hydrogen-bond acceptors (Lipinski definition) is 1. The van der Waals surface area contributed by atoms with Crippen molar-refractivity contribution in [2.24, 2.45) is 5.92 Å². The Hall–Kier alpha value is 0.284. The van der Waals surface area contributed by atoms with Crippen LogP contribution < -0.4 is 0 Å². The summed E-state index contributed by atoms with van der Waals surface area (Å²) in [6, 6.07) is 4.04. The van der Waals surface area contributed by atoms with Crippen LogP contribution in [0.5, 0.6) is 0 Å². The maximum atomic E-state index is 2.22. The van der Waals surface area contributed by atoms with Gasteiger partial charge in [-0.15, -0.1) is 0 Å². The third-order valence-electron chi connectivity index (χ3n) is 1.24. The molecule has 2 heteroatoms. The molecule has 0 aromatic carbocycles. The van der Waals surface area contributed by atoms with Crippen molar-refractivity contribution in [1.29, 1.82) is 0 Å². The van der Waals surface area contributed by atoms with E-state index in [4.69, 9.17) is 0 Å². The van der Waals surface area contributed by atoms with Crippen molar-refractivity contribution < 1.29 is 18.6 Å². The van der Waals surface area contributed by atoms with Crippen molar-refractivity contribution in [3.63, 3.8) is 0 Å². The van der Waals surface area contributed by atoms with Crippen LogP contribution in [0.15, 0.2) is 22.9 Å². The Morgan fingerprint density at radius 2 is 1.55 bits per heavy atom. The summed E-state index contributed by atoms with van der Waals surface area (Å²) >= 11 is 1.71. The Morgan fingerprint density at radius 1 is 1.18 bits per heavy atom. The van der Waals surface area contributed by atoms with Crippen LogP contribution in [0.1, 0.15) is 27.2 Å². The van der Waals surface area contributed by atoms with Crippen LogP contribution in [0.3, 0.4) is 0 Å². The SMILES string of the molecule is CCC(C)C.[V].c1ccsc1. The van der Waals surface area contributed by atoms with Gasteiger partial charge in [-0.05, 0) is 16.7 Å². The molecular weight excluding hydrogens is 191 g/mol. The Labute approximate surface area is 85.9 Å². The van der Waals surface area contributed by atoms with Crippen LogP contribution in [0.2, 0.25) is 0 Å². The van der Waals surface area contributed by atoms with E-state index in [2.05, 4.69) is 20.8 Å². The molecule has 0 saturated carbocycles. The van der Waals surface area contributed by atoms with Crippen LogP contribution in [-0.4, -0.2) is 0 Å². The van der Waals surface area contributed by atoms with Crippen molar-refractivity contribution in [2.75, 3.05) is 0 Å². The minimum Gasteiger partial charge on any atom is -0.152 e. The average Bonchev–Trinajstić information content (AvgIpc) is 2.43. The van der Waals surface area contributed by atoms with Crippen LogP contribution in [0.4, 0.5) is 0 Å². The van der Waals surface area contributed by atoms with Crippen LogP contribution in [-0.2, 0) is 18.6 Å². The molecule has 0 N–H and O–H groups in total. The van der Waals surface area contributed by atoms with Crippen molar-refractivity contribution in [2.45, 2.75) is 27.2 Å². The molecule has 63 valence electrons. The first kappa shape index (κ1) is 13.8. The molecule has 11 heavy (non-hydrogen) atoms. The zero-order valence-corrected chi connectivity index (χ0v) is 9.66. The molecule has 0 aliphatic carbocycles. The van der Waals surface area contributed by atoms with E-state index < -0.39 is 0 Å². The minimum atomic E-state index is 0. The summed E-state index contributed by atoms with van der Waals surface area (Å²) < 4.78 is 0. The van der Waals surface area contributed by atoms with Crippen molar-refractivity contribution in [3.8, 4) is 0 Å². The molecule has 0 bridgehead atoms. The second kappa shape index (κ2) is 10.3. The van der Waals surface area contributed by atoms with E-state index in [9.17, 15) is 0 Å². The average molecular weight is 207 g/mol. The molecule has 0 unspecified atom stereocenters. The molecule has 1 heterocycles. The maximum Gasteiger partial charge on any atom is 0 e. The van der Waals surface area contributed by atoms with Gasteiger partial charge < -0.3 is 0 Å².